The van der Waals surface area contributed by atoms with Gasteiger partial charge in [0.15, 0.2) is 0 Å². The van der Waals surface area contributed by atoms with Gasteiger partial charge >= 0.3 is 0 Å². The quantitative estimate of drug-likeness (QED) is 0.0343. The molecule has 0 aliphatic carbocycles. The highest BCUT2D eigenvalue weighted by Gasteiger charge is 2.37. The summed E-state index contributed by atoms with van der Waals surface area (Å²) >= 11 is 0. The van der Waals surface area contributed by atoms with Gasteiger partial charge in [-0.1, -0.05) is 36.4 Å². The van der Waals surface area contributed by atoms with Gasteiger partial charge in [-0.3, -0.25) is 43.5 Å². The molecule has 0 bridgehead atoms. The molecule has 6 aromatic carbocycles. The summed E-state index contributed by atoms with van der Waals surface area (Å²) in [7, 11) is 12.0. The molecule has 0 radical (unpaired) electrons. The second-order valence-electron chi connectivity index (χ2n) is 29.6. The Hall–Kier alpha value is -11.0. The fourth-order valence-corrected chi connectivity index (χ4v) is 14.4. The van der Waals surface area contributed by atoms with E-state index in [1.54, 1.807) is 32.8 Å². The minimum Gasteiger partial charge on any atom is -0.494 e. The van der Waals surface area contributed by atoms with E-state index in [1.807, 2.05) is 60.7 Å². The monoisotopic (exact) mass is 1480 g/mol. The first-order valence-corrected chi connectivity index (χ1v) is 38.0. The highest BCUT2D eigenvalue weighted by atomic mass is 16.5. The van der Waals surface area contributed by atoms with Crippen molar-refractivity contribution in [1.29, 1.82) is 0 Å². The third-order valence-electron chi connectivity index (χ3n) is 22.0. The summed E-state index contributed by atoms with van der Waals surface area (Å²) in [5.41, 5.74) is 21.8. The molecule has 8 aromatic rings. The molecule has 0 spiro atoms. The van der Waals surface area contributed by atoms with Gasteiger partial charge in [0.1, 0.15) is 47.3 Å². The zero-order chi connectivity index (χ0) is 77.3. The highest BCUT2D eigenvalue weighted by Crippen LogP contribution is 2.37. The Morgan fingerprint density at radius 1 is 0.468 bits per heavy atom. The number of rotatable bonds is 31. The van der Waals surface area contributed by atoms with Crippen molar-refractivity contribution in [3.63, 3.8) is 0 Å². The molecule has 4 aliphatic heterocycles. The number of aromatic nitrogens is 4. The average molecular weight is 1480 g/mol. The molecule has 26 heteroatoms. The lowest BCUT2D eigenvalue weighted by Gasteiger charge is -2.36. The van der Waals surface area contributed by atoms with Gasteiger partial charge < -0.3 is 74.2 Å². The summed E-state index contributed by atoms with van der Waals surface area (Å²) in [5.74, 6) is -0.364. The van der Waals surface area contributed by atoms with E-state index >= 15 is 0 Å². The van der Waals surface area contributed by atoms with E-state index in [2.05, 4.69) is 104 Å². The number of carbonyl (C=O) groups excluding carboxylic acids is 7. The first-order valence-electron chi connectivity index (χ1n) is 38.0. The largest absolute Gasteiger partial charge is 0.494 e. The van der Waals surface area contributed by atoms with Crippen LogP contribution in [0.2, 0.25) is 0 Å². The first-order chi connectivity index (χ1) is 52.3. The summed E-state index contributed by atoms with van der Waals surface area (Å²) < 4.78 is 12.3. The Morgan fingerprint density at radius 3 is 1.59 bits per heavy atom. The summed E-state index contributed by atoms with van der Waals surface area (Å²) in [5, 5.41) is 0. The predicted octanol–water partition coefficient (Wildman–Crippen LogP) is 8.59. The Morgan fingerprint density at radius 2 is 0.963 bits per heavy atom. The Labute approximate surface area is 637 Å². The lowest BCUT2D eigenvalue weighted by Crippen LogP contribution is -2.57. The van der Waals surface area contributed by atoms with Gasteiger partial charge in [-0.05, 0) is 175 Å². The number of likely N-dealkylation sites (N-methyl/N-ethyl adjacent to an activating group) is 6. The third kappa shape index (κ3) is 18.4. The number of primary amides is 1. The van der Waals surface area contributed by atoms with Crippen LogP contribution in [0.15, 0.2) is 131 Å². The number of unbranched alkanes of at least 4 members (excludes halogenated alkanes) is 1. The second-order valence-corrected chi connectivity index (χ2v) is 29.6. The number of fused-ring (bicyclic) bond motifs is 4. The van der Waals surface area contributed by atoms with Gasteiger partial charge in [0.2, 0.25) is 41.4 Å². The topological polar surface area (TPSA) is 278 Å². The summed E-state index contributed by atoms with van der Waals surface area (Å²) in [4.78, 5) is 139. The van der Waals surface area contributed by atoms with Crippen molar-refractivity contribution in [2.75, 3.05) is 144 Å². The third-order valence-corrected chi connectivity index (χ3v) is 22.0. The number of amides is 7. The number of H-pyrrole nitrogens is 2. The maximum atomic E-state index is 14.0. The number of benzene rings is 6. The average Bonchev–Trinajstić information content (AvgIpc) is 1.40. The number of carbonyl (C=O) groups is 7. The van der Waals surface area contributed by atoms with Crippen molar-refractivity contribution in [1.82, 2.24) is 59.1 Å². The van der Waals surface area contributed by atoms with Crippen LogP contribution in [0.5, 0.6) is 11.5 Å². The Balaban J connectivity index is 0.534. The molecule has 26 nitrogen and oxygen atoms in total. The molecule has 7 amide bonds. The predicted molar refractivity (Wildman–Crippen MR) is 426 cm³/mol. The summed E-state index contributed by atoms with van der Waals surface area (Å²) in [6, 6.07) is 37.0. The normalized spacial score (nSPS) is 15.5. The number of nitrogens with two attached hydrogens (primary N) is 1. The maximum absolute atomic E-state index is 14.0. The number of imidazole rings is 2. The van der Waals surface area contributed by atoms with E-state index in [4.69, 9.17) is 35.2 Å². The minimum absolute atomic E-state index is 0.0625. The van der Waals surface area contributed by atoms with Crippen LogP contribution in [-0.2, 0) is 46.4 Å². The molecule has 574 valence electrons. The number of ether oxygens (including phenoxy) is 2. The van der Waals surface area contributed by atoms with E-state index in [0.29, 0.717) is 62.6 Å². The molecule has 4 aliphatic rings. The number of hydrogen-bond donors (Lipinski definition) is 3. The van der Waals surface area contributed by atoms with Gasteiger partial charge in [-0.2, -0.15) is 0 Å². The van der Waals surface area contributed by atoms with Crippen LogP contribution in [0.3, 0.4) is 0 Å². The Kier molecular flexibility index (Phi) is 24.6. The lowest BCUT2D eigenvalue weighted by molar-refractivity contribution is -0.153. The molecule has 6 heterocycles. The number of aromatic amines is 2. The second kappa shape index (κ2) is 34.5. The van der Waals surface area contributed by atoms with Crippen molar-refractivity contribution >= 4 is 97.6 Å². The minimum atomic E-state index is -1.07. The fourth-order valence-electron chi connectivity index (χ4n) is 14.4. The van der Waals surface area contributed by atoms with Crippen LogP contribution in [-0.4, -0.2) is 271 Å². The lowest BCUT2D eigenvalue weighted by atomic mass is 10.0. The van der Waals surface area contributed by atoms with Crippen LogP contribution in [0.4, 0.5) is 22.7 Å². The van der Waals surface area contributed by atoms with E-state index in [0.717, 1.165) is 137 Å². The van der Waals surface area contributed by atoms with E-state index in [-0.39, 0.29) is 44.4 Å². The molecule has 2 saturated heterocycles. The van der Waals surface area contributed by atoms with Crippen LogP contribution in [0.1, 0.15) is 88.5 Å². The van der Waals surface area contributed by atoms with Gasteiger partial charge in [-0.25, -0.2) is 9.97 Å². The molecule has 109 heavy (non-hydrogen) atoms. The molecular formula is C83H103N17O9. The van der Waals surface area contributed by atoms with Gasteiger partial charge in [-0.15, -0.1) is 0 Å². The zero-order valence-electron chi connectivity index (χ0n) is 64.7. The number of hydrogen-bond acceptors (Lipinski definition) is 17. The summed E-state index contributed by atoms with van der Waals surface area (Å²) in [6.45, 7) is 15.1. The summed E-state index contributed by atoms with van der Waals surface area (Å²) in [6.07, 6.45) is 3.61. The fraction of sp³-hybridized carbons (Fsp3) is 0.434. The number of nitrogens with one attached hydrogen (secondary N) is 2. The van der Waals surface area contributed by atoms with Crippen molar-refractivity contribution < 1.29 is 43.0 Å². The van der Waals surface area contributed by atoms with E-state index < -0.39 is 53.7 Å². The molecule has 2 aromatic heterocycles. The van der Waals surface area contributed by atoms with Crippen molar-refractivity contribution in [3.05, 3.63) is 144 Å². The van der Waals surface area contributed by atoms with Gasteiger partial charge in [0, 0.05) is 149 Å². The molecule has 0 unspecified atom stereocenters. The standard InChI is InChI=1S/C83H103N17O9/c1-53(94(8)77(103)23-17-43-109-66-21-15-19-60(46-66)78-87-68-30-25-59(48-73(68)89-78)70-47-58-24-27-63(50-72(58)86-70)98-38-34-91(5)35-39-98)80(104)95(9)54(2)81(105)96(10)55(3)82(106)97(11)56(4)83(107)100(52-75(84)101)33-13-12-32-93(7)76(102)22-16-42-108-65-20-14-18-57(45-65)71-49-62-44-61(26-29-67(62)85-71)79-88-69-31-28-64(51-74(69)90-79)99-40-36-92(6)37-41-99/h14-15,18-21,24-31,44-46,48,50-51,53-56H,12-13,16-17,22-23,32-43,47,49,52H2,1-11H3,(H2,84,101)(H,87,89)(H,88,90)/t53-,54-,55-,56-/m0/s1. The number of piperazine rings is 2. The number of nitrogens with zero attached hydrogens (tertiary/aromatic N) is 14. The van der Waals surface area contributed by atoms with E-state index in [9.17, 15) is 33.6 Å². The maximum Gasteiger partial charge on any atom is 0.245 e. The molecule has 4 atom stereocenters. The number of aliphatic imine (C=N–C) groups is 2. The SMILES string of the molecule is C[C@@H](C(=O)N(C)[C@@H](C)C(=O)N(C)[C@@H](C)C(=O)N(C)[C@@H](C)C(=O)N(CCCCN(C)C(=O)CCCOc1cccc(C2=Nc3ccc(-c4nc5cc(N6CCN(C)CC6)ccc5[nH]4)cc3C2)c1)CC(N)=O)N(C)C(=O)CCCOc1cccc(-c2nc3ccc(C4=Nc5cc(N6CCN(C)CC6)ccc5C4)cc3[nH]2)c1. The Bertz CT molecular complexity index is 4740. The van der Waals surface area contributed by atoms with E-state index in [1.165, 1.54) is 76.4 Å². The first kappa shape index (κ1) is 77.6. The molecular weight excluding hydrogens is 1380 g/mol. The van der Waals surface area contributed by atoms with Gasteiger partial charge in [0.25, 0.3) is 0 Å². The van der Waals surface area contributed by atoms with Gasteiger partial charge in [0.05, 0.1) is 64.6 Å². The molecule has 12 rings (SSSR count). The van der Waals surface area contributed by atoms with Crippen LogP contribution in [0.25, 0.3) is 44.8 Å². The highest BCUT2D eigenvalue weighted by molar-refractivity contribution is 6.09. The zero-order valence-corrected chi connectivity index (χ0v) is 64.7. The molecule has 4 N–H and O–H groups in total. The van der Waals surface area contributed by atoms with Crippen LogP contribution in [0, 0.1) is 0 Å². The van der Waals surface area contributed by atoms with Crippen LogP contribution >= 0.6 is 0 Å². The van der Waals surface area contributed by atoms with Crippen molar-refractivity contribution in [2.24, 2.45) is 15.7 Å². The smallest absolute Gasteiger partial charge is 0.245 e. The van der Waals surface area contributed by atoms with Crippen molar-refractivity contribution in [3.8, 4) is 34.3 Å². The molecule has 0 saturated carbocycles. The number of anilines is 2. The molecule has 2 fully saturated rings. The van der Waals surface area contributed by atoms with Crippen LogP contribution < -0.4 is 25.0 Å². The van der Waals surface area contributed by atoms with Crippen molar-refractivity contribution in [2.45, 2.75) is 103 Å².